The second-order valence-electron chi connectivity index (χ2n) is 4.31. The Balaban J connectivity index is 2.05. The van der Waals surface area contributed by atoms with Crippen molar-refractivity contribution in [2.24, 2.45) is 0 Å². The van der Waals surface area contributed by atoms with Gasteiger partial charge in [0, 0.05) is 25.7 Å². The van der Waals surface area contributed by atoms with Gasteiger partial charge >= 0.3 is 0 Å². The molecule has 0 radical (unpaired) electrons. The average Bonchev–Trinajstić information content (AvgIpc) is 2.82. The summed E-state index contributed by atoms with van der Waals surface area (Å²) in [5, 5.41) is 10.8. The lowest BCUT2D eigenvalue weighted by Gasteiger charge is -2.22. The fourth-order valence-corrected chi connectivity index (χ4v) is 2.33. The summed E-state index contributed by atoms with van der Waals surface area (Å²) >= 11 is 0. The maximum absolute atomic E-state index is 4.41. The number of hydrogen-bond donors (Lipinski definition) is 2. The lowest BCUT2D eigenvalue weighted by atomic mass is 9.96. The normalized spacial score (nSPS) is 20.6. The highest BCUT2D eigenvalue weighted by Crippen LogP contribution is 2.23. The van der Waals surface area contributed by atoms with Crippen molar-refractivity contribution in [1.82, 2.24) is 24.9 Å². The number of hydrogen-bond acceptors (Lipinski definition) is 5. The van der Waals surface area contributed by atoms with Crippen LogP contribution >= 0.6 is 0 Å². The second-order valence-corrected chi connectivity index (χ2v) is 4.31. The number of nitrogens with one attached hydrogen (secondary N) is 2. The van der Waals surface area contributed by atoms with Gasteiger partial charge < -0.3 is 10.6 Å². The maximum atomic E-state index is 4.41. The molecule has 17 heavy (non-hydrogen) atoms. The molecule has 2 aromatic heterocycles. The van der Waals surface area contributed by atoms with Crippen LogP contribution in [-0.4, -0.2) is 39.7 Å². The monoisotopic (exact) mass is 232 g/mol. The number of fused-ring (bicyclic) bond motifs is 1. The first-order valence-electron chi connectivity index (χ1n) is 5.98. The van der Waals surface area contributed by atoms with E-state index in [-0.39, 0.29) is 0 Å². The van der Waals surface area contributed by atoms with Crippen molar-refractivity contribution in [2.75, 3.05) is 25.5 Å². The second kappa shape index (κ2) is 4.29. The van der Waals surface area contributed by atoms with E-state index in [1.165, 1.54) is 18.5 Å². The van der Waals surface area contributed by atoms with Crippen LogP contribution in [-0.2, 0) is 0 Å². The zero-order valence-electron chi connectivity index (χ0n) is 9.85. The van der Waals surface area contributed by atoms with Crippen molar-refractivity contribution in [3.05, 3.63) is 18.0 Å². The largest absolute Gasteiger partial charge is 0.356 e. The molecule has 0 spiro atoms. The van der Waals surface area contributed by atoms with Gasteiger partial charge in [0.05, 0.1) is 5.69 Å². The smallest absolute Gasteiger partial charge is 0.254 e. The standard InChI is InChI=1S/C11H16N6/c1-12-10-15-11-14-6-4-9(17(11)16-10)8-3-2-5-13-7-8/h4,6,8,13H,2-3,5,7H2,1H3,(H,12,16). The SMILES string of the molecule is CNc1nc2nccc(C3CCCNC3)n2n1. The molecular weight excluding hydrogens is 216 g/mol. The molecule has 6 nitrogen and oxygen atoms in total. The Labute approximate surface area is 99.5 Å². The summed E-state index contributed by atoms with van der Waals surface area (Å²) in [5.74, 6) is 1.78. The van der Waals surface area contributed by atoms with E-state index in [4.69, 9.17) is 0 Å². The molecular formula is C11H16N6. The van der Waals surface area contributed by atoms with Gasteiger partial charge in [0.2, 0.25) is 5.95 Å². The molecule has 0 aliphatic carbocycles. The number of aromatic nitrogens is 4. The highest BCUT2D eigenvalue weighted by atomic mass is 15.4. The molecule has 0 aromatic carbocycles. The van der Waals surface area contributed by atoms with E-state index < -0.39 is 0 Å². The number of piperidine rings is 1. The number of rotatable bonds is 2. The zero-order chi connectivity index (χ0) is 11.7. The van der Waals surface area contributed by atoms with E-state index >= 15 is 0 Å². The predicted molar refractivity (Wildman–Crippen MR) is 65.2 cm³/mol. The molecule has 1 unspecified atom stereocenters. The molecule has 1 aliphatic rings. The van der Waals surface area contributed by atoms with Crippen LogP contribution in [0.4, 0.5) is 5.95 Å². The van der Waals surface area contributed by atoms with Gasteiger partial charge in [0.15, 0.2) is 0 Å². The van der Waals surface area contributed by atoms with Crippen molar-refractivity contribution < 1.29 is 0 Å². The Morgan fingerprint density at radius 1 is 1.53 bits per heavy atom. The fraction of sp³-hybridized carbons (Fsp3) is 0.545. The number of anilines is 1. The minimum absolute atomic E-state index is 0.501. The van der Waals surface area contributed by atoms with Gasteiger partial charge in [-0.1, -0.05) is 0 Å². The molecule has 2 aromatic rings. The molecule has 0 bridgehead atoms. The topological polar surface area (TPSA) is 67.1 Å². The summed E-state index contributed by atoms with van der Waals surface area (Å²) in [4.78, 5) is 8.53. The molecule has 3 heterocycles. The molecule has 1 aliphatic heterocycles. The van der Waals surface area contributed by atoms with Crippen LogP contribution in [0, 0.1) is 0 Å². The van der Waals surface area contributed by atoms with Gasteiger partial charge in [-0.2, -0.15) is 9.50 Å². The molecule has 6 heteroatoms. The highest BCUT2D eigenvalue weighted by molar-refractivity contribution is 5.37. The molecule has 0 amide bonds. The zero-order valence-corrected chi connectivity index (χ0v) is 9.85. The van der Waals surface area contributed by atoms with Gasteiger partial charge in [-0.25, -0.2) is 4.98 Å². The summed E-state index contributed by atoms with van der Waals surface area (Å²) in [6.45, 7) is 2.12. The van der Waals surface area contributed by atoms with E-state index in [1.54, 1.807) is 0 Å². The molecule has 3 rings (SSSR count). The van der Waals surface area contributed by atoms with Gasteiger partial charge in [-0.3, -0.25) is 0 Å². The van der Waals surface area contributed by atoms with Crippen LogP contribution in [0.1, 0.15) is 24.5 Å². The summed E-state index contributed by atoms with van der Waals surface area (Å²) in [7, 11) is 1.82. The highest BCUT2D eigenvalue weighted by Gasteiger charge is 2.19. The van der Waals surface area contributed by atoms with E-state index in [2.05, 4.69) is 25.7 Å². The third-order valence-corrected chi connectivity index (χ3v) is 3.21. The first-order valence-corrected chi connectivity index (χ1v) is 5.98. The lowest BCUT2D eigenvalue weighted by molar-refractivity contribution is 0.448. The van der Waals surface area contributed by atoms with Gasteiger partial charge in [-0.05, 0) is 25.5 Å². The van der Waals surface area contributed by atoms with Crippen molar-refractivity contribution in [3.63, 3.8) is 0 Å². The van der Waals surface area contributed by atoms with Gasteiger partial charge in [0.1, 0.15) is 0 Å². The molecule has 1 atom stereocenters. The van der Waals surface area contributed by atoms with Crippen LogP contribution in [0.15, 0.2) is 12.3 Å². The Hall–Kier alpha value is -1.69. The minimum atomic E-state index is 0.501. The quantitative estimate of drug-likeness (QED) is 0.795. The van der Waals surface area contributed by atoms with E-state index in [9.17, 15) is 0 Å². The van der Waals surface area contributed by atoms with Crippen LogP contribution in [0.25, 0.3) is 5.78 Å². The Morgan fingerprint density at radius 3 is 3.24 bits per heavy atom. The fourth-order valence-electron chi connectivity index (χ4n) is 2.33. The van der Waals surface area contributed by atoms with Crippen molar-refractivity contribution in [2.45, 2.75) is 18.8 Å². The maximum Gasteiger partial charge on any atom is 0.254 e. The third-order valence-electron chi connectivity index (χ3n) is 3.21. The van der Waals surface area contributed by atoms with E-state index in [0.29, 0.717) is 17.6 Å². The van der Waals surface area contributed by atoms with Gasteiger partial charge in [0.25, 0.3) is 5.78 Å². The average molecular weight is 232 g/mol. The van der Waals surface area contributed by atoms with E-state index in [0.717, 1.165) is 13.1 Å². The van der Waals surface area contributed by atoms with Crippen LogP contribution in [0.2, 0.25) is 0 Å². The van der Waals surface area contributed by atoms with Crippen LogP contribution in [0.5, 0.6) is 0 Å². The molecule has 0 saturated carbocycles. The Morgan fingerprint density at radius 2 is 2.47 bits per heavy atom. The number of nitrogens with zero attached hydrogens (tertiary/aromatic N) is 4. The first kappa shape index (κ1) is 10.5. The molecule has 1 saturated heterocycles. The molecule has 2 N–H and O–H groups in total. The summed E-state index contributed by atoms with van der Waals surface area (Å²) in [6.07, 6.45) is 4.22. The van der Waals surface area contributed by atoms with Crippen LogP contribution in [0.3, 0.4) is 0 Å². The predicted octanol–water partition coefficient (Wildman–Crippen LogP) is 0.633. The molecule has 90 valence electrons. The van der Waals surface area contributed by atoms with E-state index in [1.807, 2.05) is 23.8 Å². The Bertz CT molecular complexity index is 514. The summed E-state index contributed by atoms with van der Waals surface area (Å²) in [5.41, 5.74) is 1.19. The van der Waals surface area contributed by atoms with Crippen LogP contribution < -0.4 is 10.6 Å². The minimum Gasteiger partial charge on any atom is -0.356 e. The Kier molecular flexibility index (Phi) is 2.64. The van der Waals surface area contributed by atoms with Crippen molar-refractivity contribution >= 4 is 11.7 Å². The lowest BCUT2D eigenvalue weighted by Crippen LogP contribution is -2.29. The third kappa shape index (κ3) is 1.84. The molecule has 1 fully saturated rings. The summed E-state index contributed by atoms with van der Waals surface area (Å²) in [6, 6.07) is 2.04. The summed E-state index contributed by atoms with van der Waals surface area (Å²) < 4.78 is 1.85. The van der Waals surface area contributed by atoms with Gasteiger partial charge in [-0.15, -0.1) is 5.10 Å². The first-order chi connectivity index (χ1) is 8.38. The van der Waals surface area contributed by atoms with Crippen molar-refractivity contribution in [1.29, 1.82) is 0 Å². The van der Waals surface area contributed by atoms with Crippen molar-refractivity contribution in [3.8, 4) is 0 Å².